The van der Waals surface area contributed by atoms with Gasteiger partial charge in [-0.05, 0) is 13.8 Å². The number of nitrogens with zero attached hydrogens (tertiary/aromatic N) is 3. The molecule has 1 N–H and O–H groups in total. The molecule has 0 radical (unpaired) electrons. The molecule has 0 aromatic carbocycles. The van der Waals surface area contributed by atoms with E-state index in [1.54, 1.807) is 6.92 Å². The minimum absolute atomic E-state index is 0.0538. The summed E-state index contributed by atoms with van der Waals surface area (Å²) in [6.07, 6.45) is 1.48. The van der Waals surface area contributed by atoms with E-state index in [1.165, 1.54) is 24.7 Å². The van der Waals surface area contributed by atoms with Gasteiger partial charge in [-0.1, -0.05) is 6.08 Å². The average Bonchev–Trinajstić information content (AvgIpc) is 2.53. The molecule has 0 amide bonds. The Morgan fingerprint density at radius 3 is 2.58 bits per heavy atom. The topological polar surface area (TPSA) is 92.5 Å². The number of carboxylic acids is 1. The van der Waals surface area contributed by atoms with Crippen LogP contribution < -0.4 is 0 Å². The Hall–Kier alpha value is -1.67. The van der Waals surface area contributed by atoms with E-state index in [0.717, 1.165) is 4.31 Å². The van der Waals surface area contributed by atoms with Crippen molar-refractivity contribution in [2.24, 2.45) is 0 Å². The number of sulfonamides is 1. The zero-order valence-electron chi connectivity index (χ0n) is 11.1. The highest BCUT2D eigenvalue weighted by atomic mass is 32.2. The Kier molecular flexibility index (Phi) is 4.48. The molecular weight excluding hydrogens is 270 g/mol. The summed E-state index contributed by atoms with van der Waals surface area (Å²) in [6.45, 7) is 6.38. The number of rotatable bonds is 6. The van der Waals surface area contributed by atoms with Crippen LogP contribution in [0, 0.1) is 13.8 Å². The maximum atomic E-state index is 12.3. The second-order valence-electron chi connectivity index (χ2n) is 4.13. The number of likely N-dealkylation sites (N-methyl/N-ethyl adjacent to an activating group) is 1. The van der Waals surface area contributed by atoms with Crippen LogP contribution in [0.1, 0.15) is 11.4 Å². The van der Waals surface area contributed by atoms with E-state index >= 15 is 0 Å². The molecule has 1 heterocycles. The molecule has 1 aromatic heterocycles. The molecule has 19 heavy (non-hydrogen) atoms. The second kappa shape index (κ2) is 5.54. The molecule has 0 fully saturated rings. The Morgan fingerprint density at radius 1 is 1.53 bits per heavy atom. The first-order valence-corrected chi connectivity index (χ1v) is 6.98. The number of carboxylic acid groups (broad SMARTS) is 1. The van der Waals surface area contributed by atoms with Crippen LogP contribution in [0.4, 0.5) is 0 Å². The lowest BCUT2D eigenvalue weighted by atomic mass is 10.4. The van der Waals surface area contributed by atoms with E-state index in [9.17, 15) is 13.2 Å². The number of aromatic nitrogens is 2. The zero-order chi connectivity index (χ0) is 14.8. The number of carbonyl (C=O) groups is 1. The normalized spacial score (nSPS) is 11.8. The van der Waals surface area contributed by atoms with E-state index in [2.05, 4.69) is 11.7 Å². The van der Waals surface area contributed by atoms with E-state index in [1.807, 2.05) is 0 Å². The van der Waals surface area contributed by atoms with E-state index in [0.29, 0.717) is 5.69 Å². The molecular formula is C11H17N3O4S. The molecule has 0 spiro atoms. The molecule has 0 saturated heterocycles. The molecule has 106 valence electrons. The van der Waals surface area contributed by atoms with Gasteiger partial charge in [0.1, 0.15) is 11.4 Å². The molecule has 0 bridgehead atoms. The quantitative estimate of drug-likeness (QED) is 0.764. The second-order valence-corrected chi connectivity index (χ2v) is 6.11. The fraction of sp³-hybridized carbons (Fsp3) is 0.455. The number of aliphatic carboxylic acids is 1. The van der Waals surface area contributed by atoms with Gasteiger partial charge in [-0.3, -0.25) is 9.48 Å². The van der Waals surface area contributed by atoms with Gasteiger partial charge in [0.2, 0.25) is 10.0 Å². The number of hydrogen-bond acceptors (Lipinski definition) is 4. The molecule has 0 atom stereocenters. The van der Waals surface area contributed by atoms with Crippen LogP contribution in [0.2, 0.25) is 0 Å². The van der Waals surface area contributed by atoms with Crippen LogP contribution in [0.3, 0.4) is 0 Å². The predicted octanol–water partition coefficient (Wildman–Crippen LogP) is 0.391. The summed E-state index contributed by atoms with van der Waals surface area (Å²) in [5.41, 5.74) is 0.602. The van der Waals surface area contributed by atoms with Crippen LogP contribution in [-0.4, -0.2) is 47.2 Å². The Morgan fingerprint density at radius 2 is 2.11 bits per heavy atom. The van der Waals surface area contributed by atoms with E-state index in [4.69, 9.17) is 5.11 Å². The lowest BCUT2D eigenvalue weighted by molar-refractivity contribution is -0.137. The first-order chi connectivity index (χ1) is 8.71. The molecule has 1 aromatic rings. The zero-order valence-corrected chi connectivity index (χ0v) is 11.9. The molecule has 0 unspecified atom stereocenters. The van der Waals surface area contributed by atoms with Crippen LogP contribution >= 0.6 is 0 Å². The highest BCUT2D eigenvalue weighted by molar-refractivity contribution is 7.89. The van der Waals surface area contributed by atoms with Gasteiger partial charge in [0.05, 0.1) is 11.4 Å². The smallest absolute Gasteiger partial charge is 0.325 e. The first-order valence-electron chi connectivity index (χ1n) is 5.54. The van der Waals surface area contributed by atoms with Crippen molar-refractivity contribution >= 4 is 16.0 Å². The third-order valence-electron chi connectivity index (χ3n) is 2.65. The highest BCUT2D eigenvalue weighted by Gasteiger charge is 2.28. The van der Waals surface area contributed by atoms with Crippen LogP contribution in [0.25, 0.3) is 0 Å². The van der Waals surface area contributed by atoms with Gasteiger partial charge in [-0.15, -0.1) is 6.58 Å². The maximum absolute atomic E-state index is 12.3. The molecule has 0 aliphatic heterocycles. The Labute approximate surface area is 112 Å². The monoisotopic (exact) mass is 287 g/mol. The molecule has 0 aliphatic rings. The average molecular weight is 287 g/mol. The fourth-order valence-electron chi connectivity index (χ4n) is 1.77. The van der Waals surface area contributed by atoms with Gasteiger partial charge in [0.15, 0.2) is 0 Å². The summed E-state index contributed by atoms with van der Waals surface area (Å²) in [6, 6.07) is 0. The van der Waals surface area contributed by atoms with Crippen molar-refractivity contribution in [1.82, 2.24) is 14.1 Å². The minimum atomic E-state index is -3.69. The fourth-order valence-corrected chi connectivity index (χ4v) is 3.28. The van der Waals surface area contributed by atoms with E-state index < -0.39 is 16.0 Å². The third-order valence-corrected chi connectivity index (χ3v) is 4.73. The molecule has 8 heteroatoms. The molecule has 7 nitrogen and oxygen atoms in total. The van der Waals surface area contributed by atoms with Crippen molar-refractivity contribution in [2.45, 2.75) is 25.3 Å². The van der Waals surface area contributed by atoms with Crippen molar-refractivity contribution in [3.63, 3.8) is 0 Å². The Balaban J connectivity index is 3.31. The van der Waals surface area contributed by atoms with Gasteiger partial charge >= 0.3 is 5.97 Å². The number of aryl methyl sites for hydroxylation is 1. The van der Waals surface area contributed by atoms with Crippen LogP contribution in [0.5, 0.6) is 0 Å². The minimum Gasteiger partial charge on any atom is -0.480 e. The lowest BCUT2D eigenvalue weighted by Crippen LogP contribution is -2.28. The van der Waals surface area contributed by atoms with E-state index in [-0.39, 0.29) is 23.7 Å². The first kappa shape index (κ1) is 15.4. The Bertz CT molecular complexity index is 604. The standard InChI is InChI=1S/C11H17N3O4S/c1-5-6-13(4)19(17,18)11-8(2)12-14(9(11)3)7-10(15)16/h5H,1,6-7H2,2-4H3,(H,15,16). The van der Waals surface area contributed by atoms with Crippen molar-refractivity contribution in [3.8, 4) is 0 Å². The van der Waals surface area contributed by atoms with Crippen LogP contribution in [0.15, 0.2) is 17.6 Å². The maximum Gasteiger partial charge on any atom is 0.325 e. The SMILES string of the molecule is C=CCN(C)S(=O)(=O)c1c(C)nn(CC(=O)O)c1C. The predicted molar refractivity (Wildman–Crippen MR) is 69.3 cm³/mol. The van der Waals surface area contributed by atoms with Gasteiger partial charge < -0.3 is 5.11 Å². The molecule has 1 rings (SSSR count). The van der Waals surface area contributed by atoms with Crippen molar-refractivity contribution < 1.29 is 18.3 Å². The van der Waals surface area contributed by atoms with Gasteiger partial charge in [0.25, 0.3) is 0 Å². The highest BCUT2D eigenvalue weighted by Crippen LogP contribution is 2.22. The number of hydrogen-bond donors (Lipinski definition) is 1. The third kappa shape index (κ3) is 3.02. The summed E-state index contributed by atoms with van der Waals surface area (Å²) >= 11 is 0. The largest absolute Gasteiger partial charge is 0.480 e. The summed E-state index contributed by atoms with van der Waals surface area (Å²) in [4.78, 5) is 10.7. The molecule has 0 aliphatic carbocycles. The molecule has 0 saturated carbocycles. The van der Waals surface area contributed by atoms with Gasteiger partial charge in [-0.25, -0.2) is 8.42 Å². The van der Waals surface area contributed by atoms with Crippen molar-refractivity contribution in [2.75, 3.05) is 13.6 Å². The summed E-state index contributed by atoms with van der Waals surface area (Å²) in [5.74, 6) is -1.08. The van der Waals surface area contributed by atoms with Gasteiger partial charge in [0, 0.05) is 13.6 Å². The summed E-state index contributed by atoms with van der Waals surface area (Å²) < 4.78 is 27.0. The van der Waals surface area contributed by atoms with Crippen molar-refractivity contribution in [3.05, 3.63) is 24.0 Å². The van der Waals surface area contributed by atoms with Crippen LogP contribution in [-0.2, 0) is 21.4 Å². The van der Waals surface area contributed by atoms with Crippen molar-refractivity contribution in [1.29, 1.82) is 0 Å². The summed E-state index contributed by atoms with van der Waals surface area (Å²) in [7, 11) is -2.26. The summed E-state index contributed by atoms with van der Waals surface area (Å²) in [5, 5.41) is 12.7. The lowest BCUT2D eigenvalue weighted by Gasteiger charge is -2.15. The van der Waals surface area contributed by atoms with Gasteiger partial charge in [-0.2, -0.15) is 9.40 Å².